The lowest BCUT2D eigenvalue weighted by Crippen LogP contribution is -2.46. The Bertz CT molecular complexity index is 534. The summed E-state index contributed by atoms with van der Waals surface area (Å²) >= 11 is 0. The predicted molar refractivity (Wildman–Crippen MR) is 80.9 cm³/mol. The number of fused-ring (bicyclic) bond motifs is 1. The van der Waals surface area contributed by atoms with E-state index in [-0.39, 0.29) is 12.5 Å². The number of para-hydroxylation sites is 2. The number of carbonyl (C=O) groups excluding carboxylic acids is 1. The van der Waals surface area contributed by atoms with Crippen LogP contribution in [0.25, 0.3) is 0 Å². The molecule has 1 aliphatic heterocycles. The average Bonchev–Trinajstić information content (AvgIpc) is 2.47. The molecule has 1 saturated carbocycles. The van der Waals surface area contributed by atoms with Gasteiger partial charge in [0, 0.05) is 0 Å². The van der Waals surface area contributed by atoms with Gasteiger partial charge in [0.25, 0.3) is 0 Å². The van der Waals surface area contributed by atoms with E-state index < -0.39 is 0 Å². The number of carbonyl (C=O) groups is 1. The number of aliphatic imine (C=N–C) groups is 1. The Morgan fingerprint density at radius 2 is 2.00 bits per heavy atom. The third-order valence-corrected chi connectivity index (χ3v) is 3.94. The number of hydrogen-bond acceptors (Lipinski definition) is 2. The molecule has 2 aliphatic rings. The van der Waals surface area contributed by atoms with E-state index in [2.05, 4.69) is 10.3 Å². The van der Waals surface area contributed by atoms with Gasteiger partial charge in [-0.15, -0.1) is 0 Å². The number of anilines is 2. The lowest BCUT2D eigenvalue weighted by Gasteiger charge is -2.30. The lowest BCUT2D eigenvalue weighted by molar-refractivity contribution is -0.115. The van der Waals surface area contributed by atoms with Gasteiger partial charge in [0.15, 0.2) is 5.96 Å². The molecule has 20 heavy (non-hydrogen) atoms. The van der Waals surface area contributed by atoms with Gasteiger partial charge in [-0.25, -0.2) is 4.99 Å². The Kier molecular flexibility index (Phi) is 3.58. The first-order valence-electron chi connectivity index (χ1n) is 7.24. The van der Waals surface area contributed by atoms with Gasteiger partial charge in [0.1, 0.15) is 6.54 Å². The molecule has 5 heteroatoms. The van der Waals surface area contributed by atoms with Crippen molar-refractivity contribution in [2.75, 3.05) is 16.8 Å². The van der Waals surface area contributed by atoms with Crippen LogP contribution >= 0.6 is 0 Å². The number of benzene rings is 1. The average molecular weight is 272 g/mol. The minimum Gasteiger partial charge on any atom is -0.369 e. The first-order chi connectivity index (χ1) is 9.74. The minimum absolute atomic E-state index is 0.0505. The van der Waals surface area contributed by atoms with Crippen LogP contribution in [-0.4, -0.2) is 24.5 Å². The zero-order valence-electron chi connectivity index (χ0n) is 11.5. The highest BCUT2D eigenvalue weighted by Gasteiger charge is 2.24. The fraction of sp³-hybridized carbons (Fsp3) is 0.467. The Morgan fingerprint density at radius 3 is 2.80 bits per heavy atom. The number of nitrogens with one attached hydrogen (secondary N) is 1. The van der Waals surface area contributed by atoms with Crippen LogP contribution in [0.4, 0.5) is 11.4 Å². The molecule has 1 heterocycles. The topological polar surface area (TPSA) is 70.7 Å². The second kappa shape index (κ2) is 5.53. The van der Waals surface area contributed by atoms with Crippen LogP contribution in [0.2, 0.25) is 0 Å². The molecule has 0 aromatic heterocycles. The first-order valence-corrected chi connectivity index (χ1v) is 7.24. The van der Waals surface area contributed by atoms with Gasteiger partial charge in [-0.05, 0) is 25.0 Å². The Labute approximate surface area is 118 Å². The molecule has 0 bridgehead atoms. The molecule has 1 aromatic carbocycles. The predicted octanol–water partition coefficient (Wildman–Crippen LogP) is 2.09. The highest BCUT2D eigenvalue weighted by Crippen LogP contribution is 2.29. The van der Waals surface area contributed by atoms with Crippen LogP contribution < -0.4 is 16.0 Å². The van der Waals surface area contributed by atoms with Gasteiger partial charge in [0.2, 0.25) is 5.91 Å². The van der Waals surface area contributed by atoms with Crippen LogP contribution in [0, 0.1) is 0 Å². The Hall–Kier alpha value is -2.04. The van der Waals surface area contributed by atoms with E-state index in [0.29, 0.717) is 12.0 Å². The molecule has 3 N–H and O–H groups in total. The molecule has 5 nitrogen and oxygen atoms in total. The second-order valence-corrected chi connectivity index (χ2v) is 5.43. The molecular weight excluding hydrogens is 252 g/mol. The van der Waals surface area contributed by atoms with Gasteiger partial charge in [0.05, 0.1) is 17.4 Å². The van der Waals surface area contributed by atoms with Gasteiger partial charge >= 0.3 is 0 Å². The third-order valence-electron chi connectivity index (χ3n) is 3.94. The zero-order valence-corrected chi connectivity index (χ0v) is 11.5. The standard InChI is InChI=1S/C15H20N4O/c16-15(17-11-6-2-1-3-7-11)19-10-14(20)18-12-8-4-5-9-13(12)19/h4-5,8-9,11H,1-3,6-7,10H2,(H2,16,17)(H,18,20). The fourth-order valence-corrected chi connectivity index (χ4v) is 2.90. The summed E-state index contributed by atoms with van der Waals surface area (Å²) in [5.41, 5.74) is 7.87. The van der Waals surface area contributed by atoms with E-state index in [1.165, 1.54) is 19.3 Å². The molecule has 1 amide bonds. The monoisotopic (exact) mass is 272 g/mol. The van der Waals surface area contributed by atoms with E-state index in [0.717, 1.165) is 24.2 Å². The normalized spacial score (nSPS) is 20.5. The summed E-state index contributed by atoms with van der Waals surface area (Å²) in [6, 6.07) is 7.99. The molecule has 0 radical (unpaired) electrons. The minimum atomic E-state index is -0.0505. The van der Waals surface area contributed by atoms with E-state index in [1.54, 1.807) is 0 Å². The van der Waals surface area contributed by atoms with Crippen molar-refractivity contribution in [3.05, 3.63) is 24.3 Å². The van der Waals surface area contributed by atoms with E-state index in [4.69, 9.17) is 5.73 Å². The van der Waals surface area contributed by atoms with Crippen LogP contribution in [0.1, 0.15) is 32.1 Å². The molecule has 0 unspecified atom stereocenters. The summed E-state index contributed by atoms with van der Waals surface area (Å²) in [7, 11) is 0. The number of amides is 1. The number of hydrogen-bond donors (Lipinski definition) is 2. The molecule has 1 aliphatic carbocycles. The van der Waals surface area contributed by atoms with Crippen molar-refractivity contribution >= 4 is 23.2 Å². The molecule has 0 spiro atoms. The number of nitrogens with two attached hydrogens (primary N) is 1. The van der Waals surface area contributed by atoms with Crippen molar-refractivity contribution in [2.24, 2.45) is 10.7 Å². The Balaban J connectivity index is 1.85. The zero-order chi connectivity index (χ0) is 13.9. The van der Waals surface area contributed by atoms with Crippen molar-refractivity contribution in [3.8, 4) is 0 Å². The maximum absolute atomic E-state index is 11.8. The van der Waals surface area contributed by atoms with Crippen molar-refractivity contribution < 1.29 is 4.79 Å². The summed E-state index contributed by atoms with van der Waals surface area (Å²) in [5.74, 6) is 0.407. The summed E-state index contributed by atoms with van der Waals surface area (Å²) in [5, 5.41) is 2.86. The van der Waals surface area contributed by atoms with Crippen molar-refractivity contribution in [1.29, 1.82) is 0 Å². The van der Waals surface area contributed by atoms with Crippen LogP contribution in [0.15, 0.2) is 29.3 Å². The van der Waals surface area contributed by atoms with Gasteiger partial charge < -0.3 is 16.0 Å². The lowest BCUT2D eigenvalue weighted by atomic mass is 9.96. The molecule has 3 rings (SSSR count). The summed E-state index contributed by atoms with van der Waals surface area (Å²) in [4.78, 5) is 18.2. The summed E-state index contributed by atoms with van der Waals surface area (Å²) in [6.07, 6.45) is 5.93. The van der Waals surface area contributed by atoms with Gasteiger partial charge in [-0.2, -0.15) is 0 Å². The van der Waals surface area contributed by atoms with E-state index in [9.17, 15) is 4.79 Å². The maximum Gasteiger partial charge on any atom is 0.244 e. The molecular formula is C15H20N4O. The van der Waals surface area contributed by atoms with Gasteiger partial charge in [-0.1, -0.05) is 31.4 Å². The highest BCUT2D eigenvalue weighted by molar-refractivity contribution is 6.10. The molecule has 106 valence electrons. The number of rotatable bonds is 1. The summed E-state index contributed by atoms with van der Waals surface area (Å²) in [6.45, 7) is 0.235. The number of guanidine groups is 1. The Morgan fingerprint density at radius 1 is 1.25 bits per heavy atom. The van der Waals surface area contributed by atoms with Gasteiger partial charge in [-0.3, -0.25) is 4.79 Å². The maximum atomic E-state index is 11.8. The molecule has 1 aromatic rings. The smallest absolute Gasteiger partial charge is 0.244 e. The van der Waals surface area contributed by atoms with Crippen molar-refractivity contribution in [3.63, 3.8) is 0 Å². The molecule has 0 atom stereocenters. The molecule has 1 fully saturated rings. The fourth-order valence-electron chi connectivity index (χ4n) is 2.90. The van der Waals surface area contributed by atoms with Crippen molar-refractivity contribution in [1.82, 2.24) is 0 Å². The van der Waals surface area contributed by atoms with Crippen molar-refractivity contribution in [2.45, 2.75) is 38.1 Å². The van der Waals surface area contributed by atoms with Crippen LogP contribution in [0.3, 0.4) is 0 Å². The van der Waals surface area contributed by atoms with Crippen LogP contribution in [-0.2, 0) is 4.79 Å². The van der Waals surface area contributed by atoms with E-state index >= 15 is 0 Å². The quantitative estimate of drug-likeness (QED) is 0.607. The SMILES string of the molecule is NC(=NC1CCCCC1)N1CC(=O)Nc2ccccc21. The second-order valence-electron chi connectivity index (χ2n) is 5.43. The number of nitrogens with zero attached hydrogens (tertiary/aromatic N) is 2. The molecule has 0 saturated heterocycles. The third kappa shape index (κ3) is 2.61. The van der Waals surface area contributed by atoms with Crippen LogP contribution in [0.5, 0.6) is 0 Å². The first kappa shape index (κ1) is 13.0. The highest BCUT2D eigenvalue weighted by atomic mass is 16.2. The summed E-state index contributed by atoms with van der Waals surface area (Å²) < 4.78 is 0. The largest absolute Gasteiger partial charge is 0.369 e. The van der Waals surface area contributed by atoms with E-state index in [1.807, 2.05) is 29.2 Å².